The second-order valence-corrected chi connectivity index (χ2v) is 14.1. The molecule has 1 heterocycles. The number of ketones is 1. The molecule has 4 N–H and O–H groups in total. The zero-order valence-electron chi connectivity index (χ0n) is 27.9. The maximum absolute atomic E-state index is 13.0. The number of sulfonamides is 1. The van der Waals surface area contributed by atoms with Gasteiger partial charge in [0.2, 0.25) is 10.0 Å². The summed E-state index contributed by atoms with van der Waals surface area (Å²) in [6, 6.07) is 10.5. The number of likely N-dealkylation sites (N-methyl/N-ethyl adjacent to an activating group) is 1. The molecule has 0 fully saturated rings. The summed E-state index contributed by atoms with van der Waals surface area (Å²) >= 11 is 12.8. The number of nitrogens with one attached hydrogen (secondary N) is 2. The molecule has 0 saturated heterocycles. The van der Waals surface area contributed by atoms with Gasteiger partial charge in [-0.2, -0.15) is 0 Å². The summed E-state index contributed by atoms with van der Waals surface area (Å²) in [6.45, 7) is 5.51. The predicted molar refractivity (Wildman–Crippen MR) is 184 cm³/mol. The lowest BCUT2D eigenvalue weighted by Gasteiger charge is -2.33. The number of benzene rings is 2. The summed E-state index contributed by atoms with van der Waals surface area (Å²) in [6.07, 6.45) is -3.28. The van der Waals surface area contributed by atoms with Crippen LogP contribution in [0.3, 0.4) is 0 Å². The Bertz CT molecular complexity index is 1470. The molecular formula is C33H47Cl2N3O10S. The molecule has 1 amide bonds. The largest absolute Gasteiger partial charge is 0.382 e. The van der Waals surface area contributed by atoms with Gasteiger partial charge in [-0.05, 0) is 61.3 Å². The molecule has 3 rings (SSSR count). The van der Waals surface area contributed by atoms with E-state index in [1.165, 1.54) is 0 Å². The molecule has 0 spiro atoms. The van der Waals surface area contributed by atoms with Crippen molar-refractivity contribution in [3.63, 3.8) is 0 Å². The van der Waals surface area contributed by atoms with Gasteiger partial charge in [-0.15, -0.1) is 0 Å². The van der Waals surface area contributed by atoms with E-state index in [0.29, 0.717) is 42.8 Å². The minimum absolute atomic E-state index is 0.00357. The van der Waals surface area contributed by atoms with Crippen LogP contribution in [0.4, 0.5) is 0 Å². The highest BCUT2D eigenvalue weighted by Gasteiger charge is 2.30. The van der Waals surface area contributed by atoms with Crippen LogP contribution in [0.1, 0.15) is 42.4 Å². The Morgan fingerprint density at radius 3 is 2.31 bits per heavy atom. The van der Waals surface area contributed by atoms with Gasteiger partial charge in [-0.3, -0.25) is 9.59 Å². The number of ether oxygens (including phenoxy) is 4. The normalized spacial score (nSPS) is 16.2. The molecule has 274 valence electrons. The highest BCUT2D eigenvalue weighted by atomic mass is 35.5. The SMILES string of the molecule is CCOCCCC(=O)[C@@H](O)[C@H](O)C(=O)NCCOCCOCCOCCNS(=O)(=O)c1cccc(C2CN(C)Cc3c(Cl)cc(Cl)cc32)c1. The molecule has 1 unspecified atom stereocenters. The number of carbonyl (C=O) groups is 2. The molecule has 16 heteroatoms. The standard InChI is InChI=1S/C33H47Cl2N3O10S/c1-3-45-11-5-8-30(39)31(40)32(41)33(42)36-9-12-46-14-16-48-17-15-47-13-10-37-49(43,44)25-7-4-6-23(18-25)27-21-38(2)22-28-26(27)19-24(34)20-29(28)35/h4,6-7,18-20,27,31-32,37,40-41H,3,5,8-17,21-22H2,1-2H3,(H,36,42)/t27?,31-,32+/m1/s1. The fraction of sp³-hybridized carbons (Fsp3) is 0.576. The van der Waals surface area contributed by atoms with E-state index in [2.05, 4.69) is 14.9 Å². The summed E-state index contributed by atoms with van der Waals surface area (Å²) in [4.78, 5) is 26.2. The topological polar surface area (TPSA) is 173 Å². The Balaban J connectivity index is 1.26. The smallest absolute Gasteiger partial charge is 0.252 e. The van der Waals surface area contributed by atoms with Gasteiger partial charge in [0, 0.05) is 61.8 Å². The number of halogens is 2. The second kappa shape index (κ2) is 21.2. The third-order valence-corrected chi connectivity index (χ3v) is 9.72. The van der Waals surface area contributed by atoms with Gasteiger partial charge in [0.05, 0.1) is 44.5 Å². The number of Topliss-reactive ketones (excluding diaryl/α,β-unsaturated/α-hetero) is 1. The molecule has 0 aromatic heterocycles. The Morgan fingerprint density at radius 2 is 1.61 bits per heavy atom. The van der Waals surface area contributed by atoms with Crippen molar-refractivity contribution in [1.82, 2.24) is 14.9 Å². The molecule has 13 nitrogen and oxygen atoms in total. The predicted octanol–water partition coefficient (Wildman–Crippen LogP) is 2.12. The van der Waals surface area contributed by atoms with Gasteiger partial charge in [0.1, 0.15) is 6.10 Å². The van der Waals surface area contributed by atoms with E-state index >= 15 is 0 Å². The van der Waals surface area contributed by atoms with Crippen molar-refractivity contribution >= 4 is 44.9 Å². The van der Waals surface area contributed by atoms with Crippen LogP contribution in [0.5, 0.6) is 0 Å². The van der Waals surface area contributed by atoms with Gasteiger partial charge in [-0.25, -0.2) is 13.1 Å². The van der Waals surface area contributed by atoms with Crippen LogP contribution in [-0.2, 0) is 45.1 Å². The first-order valence-electron chi connectivity index (χ1n) is 16.2. The average Bonchev–Trinajstić information content (AvgIpc) is 3.08. The van der Waals surface area contributed by atoms with Gasteiger partial charge < -0.3 is 39.4 Å². The lowest BCUT2D eigenvalue weighted by molar-refractivity contribution is -0.145. The number of hydrogen-bond donors (Lipinski definition) is 4. The zero-order chi connectivity index (χ0) is 35.8. The number of aliphatic hydroxyl groups excluding tert-OH is 2. The Hall–Kier alpha value is -2.21. The molecule has 2 aromatic carbocycles. The minimum atomic E-state index is -3.78. The van der Waals surface area contributed by atoms with Crippen LogP contribution in [0.15, 0.2) is 41.3 Å². The molecule has 0 aliphatic carbocycles. The number of carbonyl (C=O) groups excluding carboxylic acids is 2. The maximum Gasteiger partial charge on any atom is 0.252 e. The molecule has 49 heavy (non-hydrogen) atoms. The van der Waals surface area contributed by atoms with E-state index < -0.39 is 33.9 Å². The molecule has 0 bridgehead atoms. The van der Waals surface area contributed by atoms with Crippen molar-refractivity contribution in [1.29, 1.82) is 0 Å². The third kappa shape index (κ3) is 13.5. The summed E-state index contributed by atoms with van der Waals surface area (Å²) in [5, 5.41) is 23.3. The molecule has 3 atom stereocenters. The van der Waals surface area contributed by atoms with Gasteiger partial charge in [0.15, 0.2) is 11.9 Å². The van der Waals surface area contributed by atoms with Crippen molar-refractivity contribution in [3.05, 3.63) is 63.1 Å². The van der Waals surface area contributed by atoms with E-state index in [-0.39, 0.29) is 70.0 Å². The van der Waals surface area contributed by atoms with E-state index in [4.69, 9.17) is 42.1 Å². The van der Waals surface area contributed by atoms with Crippen LogP contribution < -0.4 is 10.0 Å². The van der Waals surface area contributed by atoms with Crippen molar-refractivity contribution < 1.29 is 47.2 Å². The first kappa shape index (κ1) is 41.2. The summed E-state index contributed by atoms with van der Waals surface area (Å²) < 4.78 is 50.0. The number of nitrogens with zero attached hydrogens (tertiary/aromatic N) is 1. The second-order valence-electron chi connectivity index (χ2n) is 11.5. The fourth-order valence-electron chi connectivity index (χ4n) is 5.21. The highest BCUT2D eigenvalue weighted by molar-refractivity contribution is 7.89. The number of aliphatic hydroxyl groups is 2. The molecule has 1 aliphatic rings. The van der Waals surface area contributed by atoms with E-state index in [9.17, 15) is 28.2 Å². The number of rotatable bonds is 23. The van der Waals surface area contributed by atoms with E-state index in [0.717, 1.165) is 16.7 Å². The minimum Gasteiger partial charge on any atom is -0.382 e. The summed E-state index contributed by atoms with van der Waals surface area (Å²) in [5.41, 5.74) is 2.83. The molecule has 2 aromatic rings. The van der Waals surface area contributed by atoms with E-state index in [1.54, 1.807) is 24.3 Å². The van der Waals surface area contributed by atoms with Crippen molar-refractivity contribution in [3.8, 4) is 0 Å². The quantitative estimate of drug-likeness (QED) is 0.123. The molecular weight excluding hydrogens is 701 g/mol. The van der Waals surface area contributed by atoms with Crippen LogP contribution in [0.25, 0.3) is 0 Å². The first-order chi connectivity index (χ1) is 23.4. The summed E-state index contributed by atoms with van der Waals surface area (Å²) in [7, 11) is -1.79. The van der Waals surface area contributed by atoms with Gasteiger partial charge in [0.25, 0.3) is 5.91 Å². The lowest BCUT2D eigenvalue weighted by Crippen LogP contribution is -2.46. The maximum atomic E-state index is 13.0. The van der Waals surface area contributed by atoms with Crippen LogP contribution in [0.2, 0.25) is 10.0 Å². The van der Waals surface area contributed by atoms with Gasteiger partial charge in [-0.1, -0.05) is 35.3 Å². The Kier molecular flexibility index (Phi) is 17.9. The molecule has 0 saturated carbocycles. The van der Waals surface area contributed by atoms with Crippen molar-refractivity contribution in [2.75, 3.05) is 79.5 Å². The Labute approximate surface area is 298 Å². The van der Waals surface area contributed by atoms with Crippen molar-refractivity contribution in [2.45, 2.75) is 49.3 Å². The number of hydrogen-bond acceptors (Lipinski definition) is 11. The zero-order valence-corrected chi connectivity index (χ0v) is 30.2. The lowest BCUT2D eigenvalue weighted by atomic mass is 9.85. The highest BCUT2D eigenvalue weighted by Crippen LogP contribution is 2.38. The Morgan fingerprint density at radius 1 is 0.939 bits per heavy atom. The first-order valence-corrected chi connectivity index (χ1v) is 18.4. The third-order valence-electron chi connectivity index (χ3n) is 7.70. The monoisotopic (exact) mass is 747 g/mol. The van der Waals surface area contributed by atoms with Crippen molar-refractivity contribution in [2.24, 2.45) is 0 Å². The summed E-state index contributed by atoms with van der Waals surface area (Å²) in [5.74, 6) is -1.59. The fourth-order valence-corrected chi connectivity index (χ4v) is 6.85. The van der Waals surface area contributed by atoms with Crippen LogP contribution in [-0.4, -0.2) is 127 Å². The van der Waals surface area contributed by atoms with Crippen LogP contribution >= 0.6 is 23.2 Å². The van der Waals surface area contributed by atoms with Gasteiger partial charge >= 0.3 is 0 Å². The molecule has 1 aliphatic heterocycles. The number of fused-ring (bicyclic) bond motifs is 1. The van der Waals surface area contributed by atoms with Crippen LogP contribution in [0, 0.1) is 0 Å². The number of amides is 1. The van der Waals surface area contributed by atoms with E-state index in [1.807, 2.05) is 26.1 Å². The average molecular weight is 749 g/mol. The molecule has 0 radical (unpaired) electrons.